The second-order valence-electron chi connectivity index (χ2n) is 5.37. The van der Waals surface area contributed by atoms with Crippen molar-refractivity contribution < 1.29 is 9.59 Å². The van der Waals surface area contributed by atoms with Gasteiger partial charge in [0.1, 0.15) is 0 Å². The Morgan fingerprint density at radius 2 is 2.00 bits per heavy atom. The van der Waals surface area contributed by atoms with E-state index in [2.05, 4.69) is 10.4 Å². The Kier molecular flexibility index (Phi) is 4.27. The normalized spacial score (nSPS) is 11.4. The SMILES string of the molecule is CCc1nn(C)cc1C(=O)NCC(=O)C(C)(C)C. The summed E-state index contributed by atoms with van der Waals surface area (Å²) >= 11 is 0. The molecule has 100 valence electrons. The molecule has 0 aliphatic carbocycles. The highest BCUT2D eigenvalue weighted by Gasteiger charge is 2.22. The van der Waals surface area contributed by atoms with E-state index in [0.29, 0.717) is 12.0 Å². The van der Waals surface area contributed by atoms with Crippen molar-refractivity contribution in [3.8, 4) is 0 Å². The number of hydrogen-bond donors (Lipinski definition) is 1. The number of rotatable bonds is 4. The Balaban J connectivity index is 2.69. The Labute approximate surface area is 108 Å². The van der Waals surface area contributed by atoms with E-state index in [1.165, 1.54) is 0 Å². The lowest BCUT2D eigenvalue weighted by Crippen LogP contribution is -2.35. The van der Waals surface area contributed by atoms with Crippen LogP contribution in [-0.4, -0.2) is 28.0 Å². The number of nitrogens with zero attached hydrogens (tertiary/aromatic N) is 2. The van der Waals surface area contributed by atoms with Gasteiger partial charge in [0.25, 0.3) is 5.91 Å². The van der Waals surface area contributed by atoms with Gasteiger partial charge in [0.05, 0.1) is 17.8 Å². The van der Waals surface area contributed by atoms with Gasteiger partial charge in [-0.3, -0.25) is 14.3 Å². The van der Waals surface area contributed by atoms with Crippen molar-refractivity contribution in [2.24, 2.45) is 12.5 Å². The van der Waals surface area contributed by atoms with E-state index in [4.69, 9.17) is 0 Å². The molecular formula is C13H21N3O2. The van der Waals surface area contributed by atoms with Crippen molar-refractivity contribution >= 4 is 11.7 Å². The first kappa shape index (κ1) is 14.4. The van der Waals surface area contributed by atoms with Gasteiger partial charge in [0.15, 0.2) is 5.78 Å². The van der Waals surface area contributed by atoms with Gasteiger partial charge < -0.3 is 5.32 Å². The molecule has 0 fully saturated rings. The maximum Gasteiger partial charge on any atom is 0.255 e. The van der Waals surface area contributed by atoms with E-state index in [-0.39, 0.29) is 18.2 Å². The highest BCUT2D eigenvalue weighted by Crippen LogP contribution is 2.14. The first-order chi connectivity index (χ1) is 8.25. The fourth-order valence-corrected chi connectivity index (χ4v) is 1.51. The molecule has 1 aromatic heterocycles. The van der Waals surface area contributed by atoms with Gasteiger partial charge in [-0.05, 0) is 6.42 Å². The summed E-state index contributed by atoms with van der Waals surface area (Å²) in [6.45, 7) is 7.51. The van der Waals surface area contributed by atoms with Gasteiger partial charge in [0, 0.05) is 18.7 Å². The summed E-state index contributed by atoms with van der Waals surface area (Å²) in [6, 6.07) is 0. The number of aryl methyl sites for hydroxylation is 2. The molecule has 0 aliphatic rings. The fourth-order valence-electron chi connectivity index (χ4n) is 1.51. The van der Waals surface area contributed by atoms with Crippen LogP contribution in [0.3, 0.4) is 0 Å². The minimum Gasteiger partial charge on any atom is -0.345 e. The van der Waals surface area contributed by atoms with E-state index >= 15 is 0 Å². The monoisotopic (exact) mass is 251 g/mol. The lowest BCUT2D eigenvalue weighted by molar-refractivity contribution is -0.125. The molecule has 0 aliphatic heterocycles. The second-order valence-corrected chi connectivity index (χ2v) is 5.37. The predicted octanol–water partition coefficient (Wildman–Crippen LogP) is 1.33. The van der Waals surface area contributed by atoms with Crippen LogP contribution < -0.4 is 5.32 Å². The quantitative estimate of drug-likeness (QED) is 0.878. The van der Waals surface area contributed by atoms with Crippen molar-refractivity contribution in [2.45, 2.75) is 34.1 Å². The van der Waals surface area contributed by atoms with Crippen LogP contribution in [0.1, 0.15) is 43.7 Å². The summed E-state index contributed by atoms with van der Waals surface area (Å²) < 4.78 is 1.61. The lowest BCUT2D eigenvalue weighted by atomic mass is 9.91. The number of carbonyl (C=O) groups is 2. The van der Waals surface area contributed by atoms with Crippen molar-refractivity contribution in [2.75, 3.05) is 6.54 Å². The Hall–Kier alpha value is -1.65. The van der Waals surface area contributed by atoms with Crippen LogP contribution in [0.4, 0.5) is 0 Å². The van der Waals surface area contributed by atoms with E-state index in [1.54, 1.807) is 17.9 Å². The van der Waals surface area contributed by atoms with Crippen molar-refractivity contribution in [3.63, 3.8) is 0 Å². The summed E-state index contributed by atoms with van der Waals surface area (Å²) in [5, 5.41) is 6.85. The molecule has 0 aromatic carbocycles. The van der Waals surface area contributed by atoms with Gasteiger partial charge in [0.2, 0.25) is 0 Å². The van der Waals surface area contributed by atoms with Gasteiger partial charge in [-0.1, -0.05) is 27.7 Å². The highest BCUT2D eigenvalue weighted by atomic mass is 16.2. The number of Topliss-reactive ketones (excluding diaryl/α,β-unsaturated/α-hetero) is 1. The average molecular weight is 251 g/mol. The molecule has 0 atom stereocenters. The van der Waals surface area contributed by atoms with Crippen LogP contribution in [0.5, 0.6) is 0 Å². The Morgan fingerprint density at radius 1 is 1.39 bits per heavy atom. The number of amides is 1. The summed E-state index contributed by atoms with van der Waals surface area (Å²) in [4.78, 5) is 23.7. The average Bonchev–Trinajstić information content (AvgIpc) is 2.65. The molecule has 5 nitrogen and oxygen atoms in total. The fraction of sp³-hybridized carbons (Fsp3) is 0.615. The molecule has 0 radical (unpaired) electrons. The van der Waals surface area contributed by atoms with E-state index in [9.17, 15) is 9.59 Å². The van der Waals surface area contributed by atoms with Gasteiger partial charge >= 0.3 is 0 Å². The molecule has 0 saturated carbocycles. The smallest absolute Gasteiger partial charge is 0.255 e. The number of aromatic nitrogens is 2. The molecule has 0 saturated heterocycles. The summed E-state index contributed by atoms with van der Waals surface area (Å²) in [5.74, 6) is -0.227. The van der Waals surface area contributed by atoms with Gasteiger partial charge in [-0.15, -0.1) is 0 Å². The minimum absolute atomic E-state index is 0.0118. The van der Waals surface area contributed by atoms with E-state index in [1.807, 2.05) is 27.7 Å². The van der Waals surface area contributed by atoms with Crippen molar-refractivity contribution in [3.05, 3.63) is 17.5 Å². The summed E-state index contributed by atoms with van der Waals surface area (Å²) in [7, 11) is 1.77. The molecule has 0 spiro atoms. The zero-order valence-electron chi connectivity index (χ0n) is 11.7. The van der Waals surface area contributed by atoms with Crippen LogP contribution >= 0.6 is 0 Å². The Bertz CT molecular complexity index is 455. The number of carbonyl (C=O) groups excluding carboxylic acids is 2. The van der Waals surface area contributed by atoms with Gasteiger partial charge in [-0.25, -0.2) is 0 Å². The first-order valence-corrected chi connectivity index (χ1v) is 6.09. The largest absolute Gasteiger partial charge is 0.345 e. The zero-order valence-corrected chi connectivity index (χ0v) is 11.7. The third-order valence-electron chi connectivity index (χ3n) is 2.73. The number of hydrogen-bond acceptors (Lipinski definition) is 3. The van der Waals surface area contributed by atoms with Crippen LogP contribution in [0.25, 0.3) is 0 Å². The van der Waals surface area contributed by atoms with Crippen molar-refractivity contribution in [1.82, 2.24) is 15.1 Å². The zero-order chi connectivity index (χ0) is 13.9. The summed E-state index contributed by atoms with van der Waals surface area (Å²) in [6.07, 6.45) is 2.37. The molecule has 0 unspecified atom stereocenters. The minimum atomic E-state index is -0.435. The molecule has 1 rings (SSSR count). The molecule has 1 N–H and O–H groups in total. The molecule has 5 heteroatoms. The molecule has 0 bridgehead atoms. The molecule has 1 amide bonds. The standard InChI is InChI=1S/C13H21N3O2/c1-6-10-9(8-16(5)15-10)12(18)14-7-11(17)13(2,3)4/h8H,6-7H2,1-5H3,(H,14,18). The molecular weight excluding hydrogens is 230 g/mol. The van der Waals surface area contributed by atoms with E-state index < -0.39 is 5.41 Å². The van der Waals surface area contributed by atoms with Crippen LogP contribution in [0.15, 0.2) is 6.20 Å². The maximum absolute atomic E-state index is 12.0. The third kappa shape index (κ3) is 3.42. The van der Waals surface area contributed by atoms with Crippen molar-refractivity contribution in [1.29, 1.82) is 0 Å². The van der Waals surface area contributed by atoms with Crippen LogP contribution in [0.2, 0.25) is 0 Å². The molecule has 1 heterocycles. The predicted molar refractivity (Wildman–Crippen MR) is 69.4 cm³/mol. The van der Waals surface area contributed by atoms with E-state index in [0.717, 1.165) is 5.69 Å². The third-order valence-corrected chi connectivity index (χ3v) is 2.73. The van der Waals surface area contributed by atoms with Crippen LogP contribution in [0, 0.1) is 5.41 Å². The van der Waals surface area contributed by atoms with Gasteiger partial charge in [-0.2, -0.15) is 5.10 Å². The Morgan fingerprint density at radius 3 is 2.50 bits per heavy atom. The highest BCUT2D eigenvalue weighted by molar-refractivity contribution is 5.98. The number of nitrogens with one attached hydrogen (secondary N) is 1. The molecule has 1 aromatic rings. The van der Waals surface area contributed by atoms with Crippen LogP contribution in [-0.2, 0) is 18.3 Å². The lowest BCUT2D eigenvalue weighted by Gasteiger charge is -2.16. The second kappa shape index (κ2) is 5.33. The molecule has 18 heavy (non-hydrogen) atoms. The topological polar surface area (TPSA) is 64.0 Å². The first-order valence-electron chi connectivity index (χ1n) is 6.09. The number of ketones is 1. The maximum atomic E-state index is 12.0. The summed E-state index contributed by atoms with van der Waals surface area (Å²) in [5.41, 5.74) is 0.857.